The Morgan fingerprint density at radius 1 is 1.50 bits per heavy atom. The summed E-state index contributed by atoms with van der Waals surface area (Å²) in [5.74, 6) is -0.183. The lowest BCUT2D eigenvalue weighted by Crippen LogP contribution is -2.13. The van der Waals surface area contributed by atoms with E-state index in [0.717, 1.165) is 17.6 Å². The van der Waals surface area contributed by atoms with Crippen LogP contribution >= 0.6 is 24.0 Å². The molecule has 0 aliphatic heterocycles. The first-order chi connectivity index (χ1) is 8.54. The van der Waals surface area contributed by atoms with E-state index in [1.165, 1.54) is 18.9 Å². The Balaban J connectivity index is 2.13. The Kier molecular flexibility index (Phi) is 2.79. The lowest BCUT2D eigenvalue weighted by Gasteiger charge is -2.13. The Labute approximate surface area is 115 Å². The standard InChI is InChI=1S/C13H15FN2S2/c1-8-5-11-10(6-9(8)14)15-12(17)16(11)7-13(18-2)3-4-13/h5-6H,3-4,7H2,1-2H3,(H,15,17). The average molecular weight is 282 g/mol. The number of fused-ring (bicyclic) bond motifs is 1. The van der Waals surface area contributed by atoms with Crippen LogP contribution in [0.1, 0.15) is 18.4 Å². The number of aryl methyl sites for hydroxylation is 1. The summed E-state index contributed by atoms with van der Waals surface area (Å²) in [5.41, 5.74) is 2.47. The van der Waals surface area contributed by atoms with Crippen LogP contribution in [0.5, 0.6) is 0 Å². The van der Waals surface area contributed by atoms with Crippen molar-refractivity contribution in [3.8, 4) is 0 Å². The molecule has 0 spiro atoms. The van der Waals surface area contributed by atoms with Crippen molar-refractivity contribution in [1.29, 1.82) is 0 Å². The largest absolute Gasteiger partial charge is 0.330 e. The Bertz CT molecular complexity index is 667. The van der Waals surface area contributed by atoms with E-state index in [-0.39, 0.29) is 5.82 Å². The van der Waals surface area contributed by atoms with Gasteiger partial charge in [-0.2, -0.15) is 11.8 Å². The number of aromatic nitrogens is 2. The first kappa shape index (κ1) is 12.2. The fourth-order valence-electron chi connectivity index (χ4n) is 2.29. The molecule has 0 radical (unpaired) electrons. The third-order valence-electron chi connectivity index (χ3n) is 3.74. The van der Waals surface area contributed by atoms with Crippen molar-refractivity contribution < 1.29 is 4.39 Å². The molecule has 1 fully saturated rings. The van der Waals surface area contributed by atoms with Gasteiger partial charge in [0.05, 0.1) is 11.0 Å². The van der Waals surface area contributed by atoms with Crippen molar-refractivity contribution >= 4 is 35.0 Å². The number of thioether (sulfide) groups is 1. The van der Waals surface area contributed by atoms with Crippen LogP contribution in [-0.4, -0.2) is 20.6 Å². The lowest BCUT2D eigenvalue weighted by molar-refractivity contribution is 0.619. The Hall–Kier alpha value is -0.810. The molecule has 3 rings (SSSR count). The summed E-state index contributed by atoms with van der Waals surface area (Å²) in [6.07, 6.45) is 4.63. The van der Waals surface area contributed by atoms with Gasteiger partial charge >= 0.3 is 0 Å². The molecule has 1 aromatic heterocycles. The SMILES string of the molecule is CSC1(Cn2c(=S)[nH]c3cc(F)c(C)cc32)CC1. The van der Waals surface area contributed by atoms with Gasteiger partial charge in [-0.1, -0.05) is 0 Å². The number of aromatic amines is 1. The van der Waals surface area contributed by atoms with Crippen molar-refractivity contribution in [3.05, 3.63) is 28.3 Å². The van der Waals surface area contributed by atoms with Crippen LogP contribution in [0.15, 0.2) is 12.1 Å². The van der Waals surface area contributed by atoms with E-state index in [9.17, 15) is 4.39 Å². The van der Waals surface area contributed by atoms with Crippen LogP contribution < -0.4 is 0 Å². The molecule has 2 aromatic rings. The van der Waals surface area contributed by atoms with Gasteiger partial charge in [0.1, 0.15) is 5.82 Å². The smallest absolute Gasteiger partial charge is 0.178 e. The molecular weight excluding hydrogens is 267 g/mol. The molecule has 0 saturated heterocycles. The van der Waals surface area contributed by atoms with Crippen molar-refractivity contribution in [2.45, 2.75) is 31.1 Å². The highest BCUT2D eigenvalue weighted by molar-refractivity contribution is 8.00. The zero-order valence-electron chi connectivity index (χ0n) is 10.4. The maximum Gasteiger partial charge on any atom is 0.178 e. The van der Waals surface area contributed by atoms with Gasteiger partial charge in [-0.25, -0.2) is 4.39 Å². The molecule has 1 saturated carbocycles. The molecule has 2 nitrogen and oxygen atoms in total. The second-order valence-electron chi connectivity index (χ2n) is 5.02. The third kappa shape index (κ3) is 1.89. The number of nitrogens with one attached hydrogen (secondary N) is 1. The second kappa shape index (κ2) is 4.10. The highest BCUT2D eigenvalue weighted by atomic mass is 32.2. The number of halogens is 1. The number of H-pyrrole nitrogens is 1. The van der Waals surface area contributed by atoms with Gasteiger partial charge in [-0.05, 0) is 55.9 Å². The summed E-state index contributed by atoms with van der Waals surface area (Å²) in [5, 5.41) is 0. The Morgan fingerprint density at radius 2 is 2.22 bits per heavy atom. The monoisotopic (exact) mass is 282 g/mol. The second-order valence-corrected chi connectivity index (χ2v) is 6.68. The molecule has 96 valence electrons. The van der Waals surface area contributed by atoms with Crippen LogP contribution in [-0.2, 0) is 6.54 Å². The molecule has 1 aromatic carbocycles. The van der Waals surface area contributed by atoms with E-state index >= 15 is 0 Å². The van der Waals surface area contributed by atoms with Gasteiger partial charge in [0.2, 0.25) is 0 Å². The van der Waals surface area contributed by atoms with Crippen molar-refractivity contribution in [3.63, 3.8) is 0 Å². The highest BCUT2D eigenvalue weighted by Gasteiger charge is 2.42. The summed E-state index contributed by atoms with van der Waals surface area (Å²) in [4.78, 5) is 3.10. The van der Waals surface area contributed by atoms with Gasteiger partial charge in [-0.15, -0.1) is 0 Å². The van der Waals surface area contributed by atoms with Crippen LogP contribution in [0.4, 0.5) is 4.39 Å². The van der Waals surface area contributed by atoms with Gasteiger partial charge < -0.3 is 9.55 Å². The van der Waals surface area contributed by atoms with Gasteiger partial charge in [0, 0.05) is 11.3 Å². The van der Waals surface area contributed by atoms with Crippen molar-refractivity contribution in [1.82, 2.24) is 9.55 Å². The lowest BCUT2D eigenvalue weighted by atomic mass is 10.2. The van der Waals surface area contributed by atoms with Gasteiger partial charge in [0.15, 0.2) is 4.77 Å². The number of hydrogen-bond acceptors (Lipinski definition) is 2. The quantitative estimate of drug-likeness (QED) is 0.858. The first-order valence-corrected chi connectivity index (χ1v) is 7.62. The van der Waals surface area contributed by atoms with E-state index in [1.54, 1.807) is 6.92 Å². The van der Waals surface area contributed by atoms with E-state index in [1.807, 2.05) is 17.8 Å². The number of benzene rings is 1. The maximum absolute atomic E-state index is 13.5. The van der Waals surface area contributed by atoms with E-state index in [2.05, 4.69) is 15.8 Å². The summed E-state index contributed by atoms with van der Waals surface area (Å²) in [6, 6.07) is 3.42. The average Bonchev–Trinajstić information content (AvgIpc) is 3.05. The topological polar surface area (TPSA) is 20.7 Å². The normalized spacial score (nSPS) is 17.3. The molecule has 1 heterocycles. The first-order valence-electron chi connectivity index (χ1n) is 5.98. The summed E-state index contributed by atoms with van der Waals surface area (Å²) < 4.78 is 16.7. The van der Waals surface area contributed by atoms with Crippen LogP contribution in [0.25, 0.3) is 11.0 Å². The molecule has 18 heavy (non-hydrogen) atoms. The van der Waals surface area contributed by atoms with Gasteiger partial charge in [-0.3, -0.25) is 0 Å². The van der Waals surface area contributed by atoms with Crippen molar-refractivity contribution in [2.75, 3.05) is 6.26 Å². The van der Waals surface area contributed by atoms with Crippen LogP contribution in [0.2, 0.25) is 0 Å². The number of rotatable bonds is 3. The molecule has 0 amide bonds. The minimum Gasteiger partial charge on any atom is -0.330 e. The van der Waals surface area contributed by atoms with E-state index in [0.29, 0.717) is 15.1 Å². The summed E-state index contributed by atoms with van der Waals surface area (Å²) in [7, 11) is 0. The van der Waals surface area contributed by atoms with Crippen LogP contribution in [0, 0.1) is 17.5 Å². The zero-order valence-corrected chi connectivity index (χ0v) is 12.1. The summed E-state index contributed by atoms with van der Waals surface area (Å²) in [6.45, 7) is 2.70. The van der Waals surface area contributed by atoms with Gasteiger partial charge in [0.25, 0.3) is 0 Å². The highest BCUT2D eigenvalue weighted by Crippen LogP contribution is 2.48. The predicted octanol–water partition coefficient (Wildman–Crippen LogP) is 4.04. The number of nitrogens with zero attached hydrogens (tertiary/aromatic N) is 1. The third-order valence-corrected chi connectivity index (χ3v) is 5.47. The molecular formula is C13H15FN2S2. The van der Waals surface area contributed by atoms with Crippen LogP contribution in [0.3, 0.4) is 0 Å². The molecule has 5 heteroatoms. The molecule has 0 unspecified atom stereocenters. The van der Waals surface area contributed by atoms with E-state index in [4.69, 9.17) is 12.2 Å². The molecule has 0 bridgehead atoms. The maximum atomic E-state index is 13.5. The molecule has 0 atom stereocenters. The fourth-order valence-corrected chi connectivity index (χ4v) is 3.33. The number of imidazole rings is 1. The Morgan fingerprint density at radius 3 is 2.83 bits per heavy atom. The fraction of sp³-hybridized carbons (Fsp3) is 0.462. The van der Waals surface area contributed by atoms with Crippen molar-refractivity contribution in [2.24, 2.45) is 0 Å². The predicted molar refractivity (Wildman–Crippen MR) is 77.3 cm³/mol. The minimum atomic E-state index is -0.183. The molecule has 1 aliphatic rings. The minimum absolute atomic E-state index is 0.183. The summed E-state index contributed by atoms with van der Waals surface area (Å²) >= 11 is 7.26. The zero-order chi connectivity index (χ0) is 12.9. The number of hydrogen-bond donors (Lipinski definition) is 1. The van der Waals surface area contributed by atoms with E-state index < -0.39 is 0 Å². The molecule has 1 N–H and O–H groups in total. The molecule has 1 aliphatic carbocycles.